The average Bonchev–Trinajstić information content (AvgIpc) is 3.30. The predicted octanol–water partition coefficient (Wildman–Crippen LogP) is 2.71. The maximum absolute atomic E-state index is 12.5. The van der Waals surface area contributed by atoms with E-state index in [1.807, 2.05) is 16.3 Å². The lowest BCUT2D eigenvalue weighted by molar-refractivity contribution is -0.131. The number of nitrogens with zero attached hydrogens (tertiary/aromatic N) is 2. The number of rotatable bonds is 4. The molecular weight excluding hydrogens is 322 g/mol. The zero-order valence-corrected chi connectivity index (χ0v) is 13.9. The standard InChI is InChI=1S/C18H17N3O2S/c19-10-13-3-5-14(6-4-13)18(23)20-11-17(22)21-8-1-2-16(21)15-7-9-24-12-15/h3-7,9,12,16H,1-2,8,11H2,(H,20,23)/t16-/m0/s1. The highest BCUT2D eigenvalue weighted by Crippen LogP contribution is 2.32. The van der Waals surface area contributed by atoms with Crippen LogP contribution in [0, 0.1) is 11.3 Å². The van der Waals surface area contributed by atoms with Gasteiger partial charge >= 0.3 is 0 Å². The van der Waals surface area contributed by atoms with E-state index in [1.54, 1.807) is 35.6 Å². The van der Waals surface area contributed by atoms with Crippen LogP contribution in [0.3, 0.4) is 0 Å². The van der Waals surface area contributed by atoms with E-state index in [1.165, 1.54) is 5.56 Å². The van der Waals surface area contributed by atoms with Crippen LogP contribution in [-0.2, 0) is 4.79 Å². The molecule has 0 unspecified atom stereocenters. The molecule has 2 aromatic rings. The third-order valence-electron chi connectivity index (χ3n) is 4.18. The van der Waals surface area contributed by atoms with Crippen molar-refractivity contribution in [3.63, 3.8) is 0 Å². The predicted molar refractivity (Wildman–Crippen MR) is 91.5 cm³/mol. The van der Waals surface area contributed by atoms with Crippen molar-refractivity contribution in [1.29, 1.82) is 5.26 Å². The molecule has 1 fully saturated rings. The molecule has 1 aliphatic heterocycles. The number of carbonyl (C=O) groups is 2. The van der Waals surface area contributed by atoms with E-state index >= 15 is 0 Å². The van der Waals surface area contributed by atoms with Crippen LogP contribution in [-0.4, -0.2) is 29.8 Å². The highest BCUT2D eigenvalue weighted by Gasteiger charge is 2.30. The quantitative estimate of drug-likeness (QED) is 0.931. The maximum Gasteiger partial charge on any atom is 0.251 e. The number of hydrogen-bond acceptors (Lipinski definition) is 4. The Morgan fingerprint density at radius 1 is 1.29 bits per heavy atom. The van der Waals surface area contributed by atoms with Gasteiger partial charge in [0.25, 0.3) is 5.91 Å². The Morgan fingerprint density at radius 3 is 2.75 bits per heavy atom. The molecule has 0 aliphatic carbocycles. The highest BCUT2D eigenvalue weighted by atomic mass is 32.1. The summed E-state index contributed by atoms with van der Waals surface area (Å²) in [6.07, 6.45) is 1.95. The third kappa shape index (κ3) is 3.47. The Balaban J connectivity index is 1.58. The van der Waals surface area contributed by atoms with Gasteiger partial charge in [-0.05, 0) is 59.5 Å². The van der Waals surface area contributed by atoms with Crippen LogP contribution >= 0.6 is 11.3 Å². The minimum Gasteiger partial charge on any atom is -0.343 e. The molecule has 1 aromatic heterocycles. The molecule has 122 valence electrons. The summed E-state index contributed by atoms with van der Waals surface area (Å²) < 4.78 is 0. The Bertz CT molecular complexity index is 763. The van der Waals surface area contributed by atoms with Gasteiger partial charge in [0.05, 0.1) is 24.2 Å². The van der Waals surface area contributed by atoms with Gasteiger partial charge < -0.3 is 10.2 Å². The summed E-state index contributed by atoms with van der Waals surface area (Å²) in [4.78, 5) is 26.4. The van der Waals surface area contributed by atoms with E-state index < -0.39 is 0 Å². The second-order valence-electron chi connectivity index (χ2n) is 5.67. The van der Waals surface area contributed by atoms with Crippen molar-refractivity contribution in [2.75, 3.05) is 13.1 Å². The first kappa shape index (κ1) is 16.2. The van der Waals surface area contributed by atoms with Gasteiger partial charge in [0.1, 0.15) is 0 Å². The van der Waals surface area contributed by atoms with Crippen LogP contribution in [0.2, 0.25) is 0 Å². The molecule has 6 heteroatoms. The molecule has 0 spiro atoms. The van der Waals surface area contributed by atoms with Gasteiger partial charge in [-0.15, -0.1) is 0 Å². The molecule has 2 heterocycles. The van der Waals surface area contributed by atoms with Crippen LogP contribution in [0.1, 0.15) is 40.4 Å². The number of benzene rings is 1. The fourth-order valence-electron chi connectivity index (χ4n) is 2.93. The van der Waals surface area contributed by atoms with E-state index in [9.17, 15) is 9.59 Å². The van der Waals surface area contributed by atoms with E-state index in [-0.39, 0.29) is 24.4 Å². The first-order chi connectivity index (χ1) is 11.7. The molecule has 24 heavy (non-hydrogen) atoms. The molecule has 0 saturated carbocycles. The topological polar surface area (TPSA) is 73.2 Å². The fourth-order valence-corrected chi connectivity index (χ4v) is 3.64. The van der Waals surface area contributed by atoms with Crippen LogP contribution in [0.4, 0.5) is 0 Å². The van der Waals surface area contributed by atoms with Crippen LogP contribution in [0.25, 0.3) is 0 Å². The van der Waals surface area contributed by atoms with E-state index in [4.69, 9.17) is 5.26 Å². The first-order valence-electron chi connectivity index (χ1n) is 7.79. The summed E-state index contributed by atoms with van der Waals surface area (Å²) in [5.74, 6) is -0.371. The van der Waals surface area contributed by atoms with Crippen LogP contribution in [0.15, 0.2) is 41.1 Å². The molecule has 1 N–H and O–H groups in total. The molecule has 0 radical (unpaired) electrons. The van der Waals surface area contributed by atoms with E-state index in [0.29, 0.717) is 11.1 Å². The number of nitriles is 1. The van der Waals surface area contributed by atoms with Crippen molar-refractivity contribution >= 4 is 23.2 Å². The van der Waals surface area contributed by atoms with Gasteiger partial charge in [0.15, 0.2) is 0 Å². The van der Waals surface area contributed by atoms with Gasteiger partial charge in [-0.3, -0.25) is 9.59 Å². The Hall–Kier alpha value is -2.65. The summed E-state index contributed by atoms with van der Waals surface area (Å²) >= 11 is 1.63. The SMILES string of the molecule is N#Cc1ccc(C(=O)NCC(=O)N2CCC[C@H]2c2ccsc2)cc1. The van der Waals surface area contributed by atoms with Crippen LogP contribution < -0.4 is 5.32 Å². The van der Waals surface area contributed by atoms with Crippen molar-refractivity contribution in [3.05, 3.63) is 57.8 Å². The average molecular weight is 339 g/mol. The minimum atomic E-state index is -0.306. The Labute approximate surface area is 144 Å². The molecule has 3 rings (SSSR count). The van der Waals surface area contributed by atoms with Crippen LogP contribution in [0.5, 0.6) is 0 Å². The lowest BCUT2D eigenvalue weighted by atomic mass is 10.1. The second kappa shape index (κ2) is 7.28. The van der Waals surface area contributed by atoms with Gasteiger partial charge in [-0.25, -0.2) is 0 Å². The summed E-state index contributed by atoms with van der Waals surface area (Å²) in [6.45, 7) is 0.714. The fraction of sp³-hybridized carbons (Fsp3) is 0.278. The molecule has 0 bridgehead atoms. The van der Waals surface area contributed by atoms with Crippen molar-refractivity contribution in [2.24, 2.45) is 0 Å². The minimum absolute atomic E-state index is 0.0144. The summed E-state index contributed by atoms with van der Waals surface area (Å²) in [7, 11) is 0. The van der Waals surface area contributed by atoms with Gasteiger partial charge in [-0.2, -0.15) is 16.6 Å². The number of hydrogen-bond donors (Lipinski definition) is 1. The Morgan fingerprint density at radius 2 is 2.08 bits per heavy atom. The molecule has 5 nitrogen and oxygen atoms in total. The Kier molecular flexibility index (Phi) is 4.92. The van der Waals surface area contributed by atoms with Gasteiger partial charge in [0, 0.05) is 12.1 Å². The lowest BCUT2D eigenvalue weighted by Gasteiger charge is -2.24. The number of carbonyl (C=O) groups excluding carboxylic acids is 2. The molecule has 1 saturated heterocycles. The molecular formula is C18H17N3O2S. The number of nitrogens with one attached hydrogen (secondary N) is 1. The van der Waals surface area contributed by atoms with Crippen molar-refractivity contribution in [3.8, 4) is 6.07 Å². The molecule has 2 amide bonds. The van der Waals surface area contributed by atoms with Gasteiger partial charge in [-0.1, -0.05) is 0 Å². The summed E-state index contributed by atoms with van der Waals surface area (Å²) in [6, 6.07) is 10.5. The third-order valence-corrected chi connectivity index (χ3v) is 4.88. The zero-order chi connectivity index (χ0) is 16.9. The van der Waals surface area contributed by atoms with Gasteiger partial charge in [0.2, 0.25) is 5.91 Å². The first-order valence-corrected chi connectivity index (χ1v) is 8.73. The van der Waals surface area contributed by atoms with Crippen molar-refractivity contribution < 1.29 is 9.59 Å². The van der Waals surface area contributed by atoms with Crippen molar-refractivity contribution in [2.45, 2.75) is 18.9 Å². The molecule has 1 aromatic carbocycles. The lowest BCUT2D eigenvalue weighted by Crippen LogP contribution is -2.39. The maximum atomic E-state index is 12.5. The summed E-state index contributed by atoms with van der Waals surface area (Å²) in [5.41, 5.74) is 2.11. The largest absolute Gasteiger partial charge is 0.343 e. The smallest absolute Gasteiger partial charge is 0.251 e. The molecule has 1 atom stereocenters. The highest BCUT2D eigenvalue weighted by molar-refractivity contribution is 7.08. The number of likely N-dealkylation sites (tertiary alicyclic amines) is 1. The number of thiophene rings is 1. The summed E-state index contributed by atoms with van der Waals surface area (Å²) in [5, 5.41) is 15.5. The van der Waals surface area contributed by atoms with Crippen molar-refractivity contribution in [1.82, 2.24) is 10.2 Å². The molecule has 1 aliphatic rings. The number of amides is 2. The van der Waals surface area contributed by atoms with E-state index in [0.717, 1.165) is 19.4 Å². The second-order valence-corrected chi connectivity index (χ2v) is 6.45. The van der Waals surface area contributed by atoms with E-state index in [2.05, 4.69) is 16.8 Å². The normalized spacial score (nSPS) is 16.6. The zero-order valence-electron chi connectivity index (χ0n) is 13.1. The monoisotopic (exact) mass is 339 g/mol.